The second-order valence-electron chi connectivity index (χ2n) is 6.31. The Morgan fingerprint density at radius 2 is 1.93 bits per heavy atom. The van der Waals surface area contributed by atoms with Gasteiger partial charge in [0, 0.05) is 11.3 Å². The molecule has 0 aliphatic carbocycles. The molecule has 27 heavy (non-hydrogen) atoms. The standard InChI is InChI=1S/C22H17NO4/c1-14-7-10-20-18(11-14)19(21(24)23-20)12-16-8-9-17(27-16)13-26-22(25)15-5-3-2-4-6-15/h2-12H,13H2,1H3,(H,23,24)/b19-12-. The minimum absolute atomic E-state index is 0.0266. The zero-order chi connectivity index (χ0) is 18.8. The Kier molecular flexibility index (Phi) is 4.34. The van der Waals surface area contributed by atoms with Crippen molar-refractivity contribution in [3.05, 3.63) is 88.9 Å². The average molecular weight is 359 g/mol. The lowest BCUT2D eigenvalue weighted by atomic mass is 10.0. The van der Waals surface area contributed by atoms with Gasteiger partial charge in [-0.2, -0.15) is 0 Å². The SMILES string of the molecule is Cc1ccc2c(c1)/C(=C/c1ccc(COC(=O)c3ccccc3)o1)C(=O)N2. The Labute approximate surface area is 156 Å². The Morgan fingerprint density at radius 1 is 1.11 bits per heavy atom. The maximum Gasteiger partial charge on any atom is 0.338 e. The number of rotatable bonds is 4. The van der Waals surface area contributed by atoms with E-state index in [4.69, 9.17) is 9.15 Å². The van der Waals surface area contributed by atoms with E-state index in [1.54, 1.807) is 42.5 Å². The number of amides is 1. The maximum absolute atomic E-state index is 12.2. The summed E-state index contributed by atoms with van der Waals surface area (Å²) in [5.41, 5.74) is 3.76. The van der Waals surface area contributed by atoms with E-state index in [1.165, 1.54) is 0 Å². The van der Waals surface area contributed by atoms with E-state index >= 15 is 0 Å². The number of nitrogens with one attached hydrogen (secondary N) is 1. The van der Waals surface area contributed by atoms with E-state index in [0.29, 0.717) is 22.7 Å². The number of hydrogen-bond acceptors (Lipinski definition) is 4. The first-order chi connectivity index (χ1) is 13.1. The topological polar surface area (TPSA) is 68.5 Å². The Morgan fingerprint density at radius 3 is 2.74 bits per heavy atom. The highest BCUT2D eigenvalue weighted by Gasteiger charge is 2.24. The van der Waals surface area contributed by atoms with Gasteiger partial charge in [0.2, 0.25) is 0 Å². The molecule has 0 atom stereocenters. The van der Waals surface area contributed by atoms with Gasteiger partial charge in [0.15, 0.2) is 0 Å². The van der Waals surface area contributed by atoms with Crippen LogP contribution in [0, 0.1) is 6.92 Å². The number of carbonyl (C=O) groups excluding carboxylic acids is 2. The largest absolute Gasteiger partial charge is 0.458 e. The van der Waals surface area contributed by atoms with E-state index in [2.05, 4.69) is 5.32 Å². The zero-order valence-corrected chi connectivity index (χ0v) is 14.7. The smallest absolute Gasteiger partial charge is 0.338 e. The number of benzene rings is 2. The number of carbonyl (C=O) groups is 2. The molecule has 1 aliphatic heterocycles. The van der Waals surface area contributed by atoms with Crippen molar-refractivity contribution in [2.24, 2.45) is 0 Å². The molecule has 1 amide bonds. The van der Waals surface area contributed by atoms with Gasteiger partial charge in [0.05, 0.1) is 11.1 Å². The Balaban J connectivity index is 1.49. The molecule has 0 spiro atoms. The first-order valence-electron chi connectivity index (χ1n) is 8.55. The number of hydrogen-bond donors (Lipinski definition) is 1. The molecular formula is C22H17NO4. The summed E-state index contributed by atoms with van der Waals surface area (Å²) in [7, 11) is 0. The third kappa shape index (κ3) is 3.53. The molecule has 1 aromatic heterocycles. The van der Waals surface area contributed by atoms with Crippen molar-refractivity contribution in [3.8, 4) is 0 Å². The van der Waals surface area contributed by atoms with Crippen molar-refractivity contribution in [3.63, 3.8) is 0 Å². The Bertz CT molecular complexity index is 1050. The van der Waals surface area contributed by atoms with Crippen LogP contribution >= 0.6 is 0 Å². The number of ether oxygens (including phenoxy) is 1. The molecule has 5 nitrogen and oxygen atoms in total. The molecule has 0 saturated heterocycles. The fourth-order valence-corrected chi connectivity index (χ4v) is 2.93. The number of esters is 1. The first-order valence-corrected chi connectivity index (χ1v) is 8.55. The minimum Gasteiger partial charge on any atom is -0.458 e. The summed E-state index contributed by atoms with van der Waals surface area (Å²) >= 11 is 0. The van der Waals surface area contributed by atoms with Gasteiger partial charge in [-0.25, -0.2) is 4.79 Å². The van der Waals surface area contributed by atoms with Crippen LogP contribution in [0.15, 0.2) is 65.1 Å². The van der Waals surface area contributed by atoms with E-state index in [-0.39, 0.29) is 12.5 Å². The summed E-state index contributed by atoms with van der Waals surface area (Å²) in [5.74, 6) is 0.463. The first kappa shape index (κ1) is 16.8. The number of furan rings is 1. The van der Waals surface area contributed by atoms with Crippen molar-refractivity contribution < 1.29 is 18.7 Å². The quantitative estimate of drug-likeness (QED) is 0.552. The lowest BCUT2D eigenvalue weighted by molar-refractivity contribution is -0.110. The third-order valence-electron chi connectivity index (χ3n) is 4.28. The van der Waals surface area contributed by atoms with Crippen LogP contribution in [-0.2, 0) is 16.1 Å². The molecule has 3 aromatic rings. The molecule has 5 heteroatoms. The number of fused-ring (bicyclic) bond motifs is 1. The molecule has 2 aromatic carbocycles. The molecule has 0 unspecified atom stereocenters. The summed E-state index contributed by atoms with van der Waals surface area (Å²) in [6, 6.07) is 18.1. The maximum atomic E-state index is 12.2. The molecule has 0 fully saturated rings. The summed E-state index contributed by atoms with van der Waals surface area (Å²) in [4.78, 5) is 24.2. The van der Waals surface area contributed by atoms with Crippen LogP contribution in [0.1, 0.15) is 33.0 Å². The highest BCUT2D eigenvalue weighted by atomic mass is 16.5. The average Bonchev–Trinajstić information content (AvgIpc) is 3.25. The molecular weight excluding hydrogens is 342 g/mol. The fourth-order valence-electron chi connectivity index (χ4n) is 2.93. The predicted molar refractivity (Wildman–Crippen MR) is 102 cm³/mol. The molecule has 0 bridgehead atoms. The van der Waals surface area contributed by atoms with Gasteiger partial charge in [-0.15, -0.1) is 0 Å². The van der Waals surface area contributed by atoms with Crippen LogP contribution in [0.4, 0.5) is 5.69 Å². The van der Waals surface area contributed by atoms with Crippen LogP contribution in [0.3, 0.4) is 0 Å². The van der Waals surface area contributed by atoms with Crippen LogP contribution in [0.25, 0.3) is 11.6 Å². The molecule has 2 heterocycles. The number of aryl methyl sites for hydroxylation is 1. The van der Waals surface area contributed by atoms with Crippen LogP contribution in [0.5, 0.6) is 0 Å². The fraction of sp³-hybridized carbons (Fsp3) is 0.0909. The van der Waals surface area contributed by atoms with E-state index in [0.717, 1.165) is 16.8 Å². The van der Waals surface area contributed by atoms with Gasteiger partial charge in [-0.3, -0.25) is 4.79 Å². The molecule has 134 valence electrons. The molecule has 4 rings (SSSR count). The van der Waals surface area contributed by atoms with Crippen molar-refractivity contribution in [2.45, 2.75) is 13.5 Å². The van der Waals surface area contributed by atoms with Crippen molar-refractivity contribution in [2.75, 3.05) is 5.32 Å². The van der Waals surface area contributed by atoms with Crippen molar-refractivity contribution in [1.29, 1.82) is 0 Å². The molecule has 0 saturated carbocycles. The second kappa shape index (κ2) is 6.96. The lowest BCUT2D eigenvalue weighted by Crippen LogP contribution is -2.04. The Hall–Kier alpha value is -3.60. The van der Waals surface area contributed by atoms with Gasteiger partial charge in [0.1, 0.15) is 18.1 Å². The monoisotopic (exact) mass is 359 g/mol. The van der Waals surface area contributed by atoms with E-state index < -0.39 is 5.97 Å². The predicted octanol–water partition coefficient (Wildman–Crippen LogP) is 4.44. The third-order valence-corrected chi connectivity index (χ3v) is 4.28. The highest BCUT2D eigenvalue weighted by Crippen LogP contribution is 2.33. The second-order valence-corrected chi connectivity index (χ2v) is 6.31. The molecule has 0 radical (unpaired) electrons. The van der Waals surface area contributed by atoms with E-state index in [1.807, 2.05) is 31.2 Å². The van der Waals surface area contributed by atoms with Crippen molar-refractivity contribution >= 4 is 29.2 Å². The summed E-state index contributed by atoms with van der Waals surface area (Å²) in [6.07, 6.45) is 1.70. The lowest BCUT2D eigenvalue weighted by Gasteiger charge is -2.02. The number of anilines is 1. The van der Waals surface area contributed by atoms with Gasteiger partial charge in [-0.1, -0.05) is 29.8 Å². The summed E-state index contributed by atoms with van der Waals surface area (Å²) in [6.45, 7) is 2.01. The highest BCUT2D eigenvalue weighted by molar-refractivity contribution is 6.34. The van der Waals surface area contributed by atoms with Gasteiger partial charge in [0.25, 0.3) is 5.91 Å². The molecule has 1 N–H and O–H groups in total. The summed E-state index contributed by atoms with van der Waals surface area (Å²) < 4.78 is 10.9. The summed E-state index contributed by atoms with van der Waals surface area (Å²) in [5, 5.41) is 2.84. The van der Waals surface area contributed by atoms with E-state index in [9.17, 15) is 9.59 Å². The van der Waals surface area contributed by atoms with Gasteiger partial charge >= 0.3 is 5.97 Å². The minimum atomic E-state index is -0.411. The van der Waals surface area contributed by atoms with Crippen LogP contribution < -0.4 is 5.32 Å². The zero-order valence-electron chi connectivity index (χ0n) is 14.7. The van der Waals surface area contributed by atoms with Gasteiger partial charge in [-0.05, 0) is 49.4 Å². The van der Waals surface area contributed by atoms with Crippen molar-refractivity contribution in [1.82, 2.24) is 0 Å². The van der Waals surface area contributed by atoms with Gasteiger partial charge < -0.3 is 14.5 Å². The van der Waals surface area contributed by atoms with Crippen LogP contribution in [-0.4, -0.2) is 11.9 Å². The van der Waals surface area contributed by atoms with Crippen LogP contribution in [0.2, 0.25) is 0 Å². The normalized spacial score (nSPS) is 14.1. The molecule has 1 aliphatic rings.